The predicted octanol–water partition coefficient (Wildman–Crippen LogP) is 4.05. The van der Waals surface area contributed by atoms with Crippen LogP contribution in [0.4, 0.5) is 5.69 Å². The molecule has 32 heavy (non-hydrogen) atoms. The summed E-state index contributed by atoms with van der Waals surface area (Å²) in [6.07, 6.45) is 0.607. The normalized spacial score (nSPS) is 12.5. The van der Waals surface area contributed by atoms with Gasteiger partial charge in [0.25, 0.3) is 0 Å². The number of carbonyl (C=O) groups excluding carboxylic acids is 1. The lowest BCUT2D eigenvalue weighted by molar-refractivity contribution is -0.116. The van der Waals surface area contributed by atoms with Gasteiger partial charge in [-0.1, -0.05) is 24.3 Å². The van der Waals surface area contributed by atoms with Crippen molar-refractivity contribution in [2.24, 2.45) is 0 Å². The first-order valence-electron chi connectivity index (χ1n) is 10.5. The highest BCUT2D eigenvalue weighted by Crippen LogP contribution is 2.32. The fourth-order valence-corrected chi connectivity index (χ4v) is 3.83. The lowest BCUT2D eigenvalue weighted by Gasteiger charge is -2.19. The Bertz CT molecular complexity index is 1260. The van der Waals surface area contributed by atoms with Gasteiger partial charge in [-0.25, -0.2) is 4.98 Å². The molecule has 7 nitrogen and oxygen atoms in total. The largest absolute Gasteiger partial charge is 0.497 e. The minimum atomic E-state index is -0.138. The van der Waals surface area contributed by atoms with Crippen LogP contribution >= 0.6 is 0 Å². The second kappa shape index (κ2) is 8.63. The van der Waals surface area contributed by atoms with Gasteiger partial charge in [0.1, 0.15) is 31.3 Å². The van der Waals surface area contributed by atoms with Crippen molar-refractivity contribution in [3.05, 3.63) is 78.1 Å². The summed E-state index contributed by atoms with van der Waals surface area (Å²) in [6.45, 7) is 1.18. The van der Waals surface area contributed by atoms with Gasteiger partial charge in [0.15, 0.2) is 11.5 Å². The molecule has 2 heterocycles. The Hall–Kier alpha value is -4.00. The third-order valence-electron chi connectivity index (χ3n) is 5.38. The quantitative estimate of drug-likeness (QED) is 0.501. The molecule has 7 heteroatoms. The van der Waals surface area contributed by atoms with Crippen LogP contribution in [0.25, 0.3) is 11.0 Å². The number of nitrogens with zero attached hydrogens (tertiary/aromatic N) is 2. The van der Waals surface area contributed by atoms with Gasteiger partial charge in [-0.15, -0.1) is 0 Å². The van der Waals surface area contributed by atoms with Crippen LogP contribution < -0.4 is 19.5 Å². The molecule has 4 aromatic rings. The van der Waals surface area contributed by atoms with E-state index in [1.165, 1.54) is 0 Å². The highest BCUT2D eigenvalue weighted by molar-refractivity contribution is 5.92. The SMILES string of the molecule is COc1ccc(Cc2nc3ccccc3n2CC(=O)Nc2ccc3c(c2)OCCO3)cc1. The average molecular weight is 429 g/mol. The van der Waals surface area contributed by atoms with E-state index in [1.54, 1.807) is 13.2 Å². The van der Waals surface area contributed by atoms with Crippen LogP contribution in [0.15, 0.2) is 66.7 Å². The van der Waals surface area contributed by atoms with Crippen LogP contribution in [-0.2, 0) is 17.8 Å². The summed E-state index contributed by atoms with van der Waals surface area (Å²) in [4.78, 5) is 17.7. The fourth-order valence-electron chi connectivity index (χ4n) is 3.83. The number of nitrogens with one attached hydrogen (secondary N) is 1. The fraction of sp³-hybridized carbons (Fsp3) is 0.200. The Morgan fingerprint density at radius 2 is 1.81 bits per heavy atom. The summed E-state index contributed by atoms with van der Waals surface area (Å²) >= 11 is 0. The number of amides is 1. The van der Waals surface area contributed by atoms with Gasteiger partial charge in [0.05, 0.1) is 18.1 Å². The van der Waals surface area contributed by atoms with Crippen LogP contribution in [0.3, 0.4) is 0 Å². The molecule has 5 rings (SSSR count). The summed E-state index contributed by atoms with van der Waals surface area (Å²) in [5.41, 5.74) is 3.55. The van der Waals surface area contributed by atoms with Gasteiger partial charge in [0.2, 0.25) is 5.91 Å². The summed E-state index contributed by atoms with van der Waals surface area (Å²) in [5.74, 6) is 2.83. The molecule has 1 aliphatic rings. The summed E-state index contributed by atoms with van der Waals surface area (Å²) < 4.78 is 18.4. The number of ether oxygens (including phenoxy) is 3. The van der Waals surface area contributed by atoms with Crippen LogP contribution in [0.2, 0.25) is 0 Å². The summed E-state index contributed by atoms with van der Waals surface area (Å²) in [7, 11) is 1.65. The van der Waals surface area contributed by atoms with Crippen LogP contribution in [0, 0.1) is 0 Å². The van der Waals surface area contributed by atoms with Gasteiger partial charge in [-0.2, -0.15) is 0 Å². The molecule has 0 bridgehead atoms. The van der Waals surface area contributed by atoms with E-state index in [-0.39, 0.29) is 12.5 Å². The minimum absolute atomic E-state index is 0.138. The maximum absolute atomic E-state index is 12.9. The molecule has 1 aliphatic heterocycles. The molecule has 0 radical (unpaired) electrons. The van der Waals surface area contributed by atoms with E-state index >= 15 is 0 Å². The summed E-state index contributed by atoms with van der Waals surface area (Å²) in [6, 6.07) is 21.1. The lowest BCUT2D eigenvalue weighted by atomic mass is 10.1. The number of methoxy groups -OCH3 is 1. The predicted molar refractivity (Wildman–Crippen MR) is 122 cm³/mol. The van der Waals surface area contributed by atoms with Gasteiger partial charge in [-0.05, 0) is 42.0 Å². The second-order valence-corrected chi connectivity index (χ2v) is 7.53. The number of fused-ring (bicyclic) bond motifs is 2. The first-order chi connectivity index (χ1) is 15.7. The number of hydrogen-bond donors (Lipinski definition) is 1. The van der Waals surface area contributed by atoms with Crippen molar-refractivity contribution >= 4 is 22.6 Å². The number of aromatic nitrogens is 2. The van der Waals surface area contributed by atoms with Gasteiger partial charge in [-0.3, -0.25) is 4.79 Å². The number of benzene rings is 3. The van der Waals surface area contributed by atoms with E-state index in [0.717, 1.165) is 28.2 Å². The molecule has 0 atom stereocenters. The monoisotopic (exact) mass is 429 g/mol. The van der Waals surface area contributed by atoms with Crippen molar-refractivity contribution in [2.75, 3.05) is 25.6 Å². The Labute approximate surface area is 185 Å². The number of para-hydroxylation sites is 2. The van der Waals surface area contributed by atoms with Crippen molar-refractivity contribution in [3.63, 3.8) is 0 Å². The Morgan fingerprint density at radius 3 is 2.62 bits per heavy atom. The van der Waals surface area contributed by atoms with Gasteiger partial charge < -0.3 is 24.1 Å². The van der Waals surface area contributed by atoms with Gasteiger partial charge >= 0.3 is 0 Å². The standard InChI is InChI=1S/C25H23N3O4/c1-30-19-9-6-17(7-10-19)14-24-27-20-4-2-3-5-21(20)28(24)16-25(29)26-18-8-11-22-23(15-18)32-13-12-31-22/h2-11,15H,12-14,16H2,1H3,(H,26,29). The van der Waals surface area contributed by atoms with E-state index in [1.807, 2.05) is 65.2 Å². The van der Waals surface area contributed by atoms with E-state index in [2.05, 4.69) is 5.32 Å². The molecule has 0 aliphatic carbocycles. The first kappa shape index (κ1) is 19.9. The van der Waals surface area contributed by atoms with E-state index in [4.69, 9.17) is 19.2 Å². The molecule has 0 spiro atoms. The van der Waals surface area contributed by atoms with E-state index < -0.39 is 0 Å². The second-order valence-electron chi connectivity index (χ2n) is 7.53. The maximum atomic E-state index is 12.9. The average Bonchev–Trinajstić information content (AvgIpc) is 3.16. The van der Waals surface area contributed by atoms with Gasteiger partial charge in [0, 0.05) is 18.2 Å². The molecular weight excluding hydrogens is 406 g/mol. The zero-order chi connectivity index (χ0) is 21.9. The smallest absolute Gasteiger partial charge is 0.244 e. The molecule has 1 N–H and O–H groups in total. The highest BCUT2D eigenvalue weighted by Gasteiger charge is 2.16. The zero-order valence-corrected chi connectivity index (χ0v) is 17.7. The van der Waals surface area contributed by atoms with Crippen molar-refractivity contribution in [1.29, 1.82) is 0 Å². The third-order valence-corrected chi connectivity index (χ3v) is 5.38. The molecular formula is C25H23N3O4. The minimum Gasteiger partial charge on any atom is -0.497 e. The number of carbonyl (C=O) groups is 1. The van der Waals surface area contributed by atoms with E-state index in [9.17, 15) is 4.79 Å². The lowest BCUT2D eigenvalue weighted by Crippen LogP contribution is -2.21. The topological polar surface area (TPSA) is 74.6 Å². The number of rotatable bonds is 6. The molecule has 0 saturated heterocycles. The molecule has 3 aromatic carbocycles. The Balaban J connectivity index is 1.38. The third kappa shape index (κ3) is 4.09. The van der Waals surface area contributed by atoms with Crippen LogP contribution in [0.1, 0.15) is 11.4 Å². The molecule has 162 valence electrons. The van der Waals surface area contributed by atoms with Crippen molar-refractivity contribution in [1.82, 2.24) is 9.55 Å². The molecule has 0 saturated carbocycles. The van der Waals surface area contributed by atoms with Crippen LogP contribution in [-0.4, -0.2) is 35.8 Å². The number of imidazole rings is 1. The molecule has 1 amide bonds. The summed E-state index contributed by atoms with van der Waals surface area (Å²) in [5, 5.41) is 2.96. The van der Waals surface area contributed by atoms with E-state index in [0.29, 0.717) is 36.8 Å². The maximum Gasteiger partial charge on any atom is 0.244 e. The molecule has 1 aromatic heterocycles. The van der Waals surface area contributed by atoms with Crippen LogP contribution in [0.5, 0.6) is 17.2 Å². The number of anilines is 1. The van der Waals surface area contributed by atoms with Crippen molar-refractivity contribution in [3.8, 4) is 17.2 Å². The molecule has 0 unspecified atom stereocenters. The highest BCUT2D eigenvalue weighted by atomic mass is 16.6. The Kier molecular flexibility index (Phi) is 5.37. The van der Waals surface area contributed by atoms with Crippen molar-refractivity contribution < 1.29 is 19.0 Å². The molecule has 0 fully saturated rings. The van der Waals surface area contributed by atoms with Crippen molar-refractivity contribution in [2.45, 2.75) is 13.0 Å². The Morgan fingerprint density at radius 1 is 1.03 bits per heavy atom. The zero-order valence-electron chi connectivity index (χ0n) is 17.7. The number of hydrogen-bond acceptors (Lipinski definition) is 5. The first-order valence-corrected chi connectivity index (χ1v) is 10.5.